The Kier molecular flexibility index (Phi) is 110. The first kappa shape index (κ1) is 77.8. The first-order valence-corrected chi connectivity index (χ1v) is 16.3. The van der Waals surface area contributed by atoms with E-state index in [0.717, 1.165) is 0 Å². The van der Waals surface area contributed by atoms with E-state index in [0.29, 0.717) is 78.5 Å². The van der Waals surface area contributed by atoms with Crippen molar-refractivity contribution in [1.82, 2.24) is 29.4 Å². The van der Waals surface area contributed by atoms with Crippen LogP contribution in [0.25, 0.3) is 0 Å². The van der Waals surface area contributed by atoms with E-state index >= 15 is 0 Å². The summed E-state index contributed by atoms with van der Waals surface area (Å²) < 4.78 is 0. The molecule has 326 valence electrons. The van der Waals surface area contributed by atoms with E-state index in [1.54, 1.807) is 0 Å². The van der Waals surface area contributed by atoms with Gasteiger partial charge in [-0.3, -0.25) is 0 Å². The molecular formula is C30H78Fe4N6O12+6. The fraction of sp³-hybridized carbons (Fsp3) is 1.00. The molecule has 0 aliphatic carbocycles. The van der Waals surface area contributed by atoms with Crippen LogP contribution >= 0.6 is 0 Å². The summed E-state index contributed by atoms with van der Waals surface area (Å²) in [6.45, 7) is 9.63. The number of aliphatic hydroxyl groups excluding tert-OH is 12. The molecule has 0 unspecified atom stereocenters. The molecule has 0 fully saturated rings. The van der Waals surface area contributed by atoms with Crippen molar-refractivity contribution in [2.24, 2.45) is 0 Å². The van der Waals surface area contributed by atoms with Gasteiger partial charge in [-0.1, -0.05) is 0 Å². The molecule has 0 rings (SSSR count). The van der Waals surface area contributed by atoms with Gasteiger partial charge in [0.05, 0.1) is 79.3 Å². The average Bonchev–Trinajstić information content (AvgIpc) is 3.01. The maximum atomic E-state index is 8.34. The third-order valence-electron chi connectivity index (χ3n) is 5.78. The quantitative estimate of drug-likeness (QED) is 0.0402. The van der Waals surface area contributed by atoms with Gasteiger partial charge in [-0.05, 0) is 42.3 Å². The Labute approximate surface area is 357 Å². The molecule has 0 saturated heterocycles. The molecule has 0 aliphatic heterocycles. The van der Waals surface area contributed by atoms with Crippen LogP contribution in [0.3, 0.4) is 0 Å². The van der Waals surface area contributed by atoms with Gasteiger partial charge in [-0.2, -0.15) is 0 Å². The van der Waals surface area contributed by atoms with Crippen molar-refractivity contribution in [1.29, 1.82) is 0 Å². The van der Waals surface area contributed by atoms with Crippen LogP contribution in [0.1, 0.15) is 0 Å². The number of nitrogens with zero attached hydrogens (tertiary/aromatic N) is 6. The molecule has 0 spiro atoms. The predicted octanol–water partition coefficient (Wildman–Crippen LogP) is -6.59. The van der Waals surface area contributed by atoms with Gasteiger partial charge in [0, 0.05) is 95.6 Å². The van der Waals surface area contributed by atoms with Gasteiger partial charge in [0.1, 0.15) is 0 Å². The first-order valence-electron chi connectivity index (χ1n) is 16.3. The zero-order valence-electron chi connectivity index (χ0n) is 32.4. The van der Waals surface area contributed by atoms with Gasteiger partial charge in [-0.25, -0.2) is 0 Å². The molecule has 0 aromatic carbocycles. The fourth-order valence-corrected chi connectivity index (χ4v) is 2.72. The van der Waals surface area contributed by atoms with Crippen molar-refractivity contribution < 1.29 is 130 Å². The second kappa shape index (κ2) is 73.5. The van der Waals surface area contributed by atoms with Gasteiger partial charge < -0.3 is 90.7 Å². The van der Waals surface area contributed by atoms with Crippen LogP contribution in [-0.4, -0.2) is 291 Å². The third-order valence-corrected chi connectivity index (χ3v) is 5.78. The monoisotopic (exact) mass is 938 g/mol. The van der Waals surface area contributed by atoms with Crippen molar-refractivity contribution in [3.8, 4) is 0 Å². The first-order chi connectivity index (χ1) is 22.8. The van der Waals surface area contributed by atoms with Gasteiger partial charge in [0.15, 0.2) is 0 Å². The molecule has 0 aliphatic rings. The zero-order valence-corrected chi connectivity index (χ0v) is 36.9. The van der Waals surface area contributed by atoms with Crippen molar-refractivity contribution >= 4 is 0 Å². The molecule has 52 heavy (non-hydrogen) atoms. The van der Waals surface area contributed by atoms with E-state index in [1.807, 2.05) is 71.7 Å². The van der Waals surface area contributed by atoms with Crippen molar-refractivity contribution in [3.63, 3.8) is 0 Å². The Morgan fingerprint density at radius 1 is 0.212 bits per heavy atom. The standard InChI is InChI=1S/6C5H13NO2.4Fe/c6*1-6(2-4-7)3-5-8;;;;/h6*7-8H,2-5H2,1H3;;;;/q;;;;;;;3*+2. The van der Waals surface area contributed by atoms with Crippen molar-refractivity contribution in [2.75, 3.05) is 200 Å². The van der Waals surface area contributed by atoms with Gasteiger partial charge in [0.2, 0.25) is 0 Å². The molecule has 0 heterocycles. The smallest absolute Gasteiger partial charge is 0.395 e. The summed E-state index contributed by atoms with van der Waals surface area (Å²) in [5.74, 6) is 0. The van der Waals surface area contributed by atoms with Crippen molar-refractivity contribution in [3.05, 3.63) is 0 Å². The maximum absolute atomic E-state index is 8.34. The Bertz CT molecular complexity index is 391. The Balaban J connectivity index is -0.0000000501. The predicted molar refractivity (Wildman–Crippen MR) is 190 cm³/mol. The second-order valence-corrected chi connectivity index (χ2v) is 10.5. The van der Waals surface area contributed by atoms with Gasteiger partial charge >= 0.3 is 51.2 Å². The minimum atomic E-state index is 0. The summed E-state index contributed by atoms with van der Waals surface area (Å²) in [4.78, 5) is 11.2. The minimum Gasteiger partial charge on any atom is -0.395 e. The maximum Gasteiger partial charge on any atom is 2.00 e. The Morgan fingerprint density at radius 2 is 0.269 bits per heavy atom. The molecule has 18 nitrogen and oxygen atoms in total. The van der Waals surface area contributed by atoms with E-state index in [2.05, 4.69) is 0 Å². The largest absolute Gasteiger partial charge is 2.00 e. The number of likely N-dealkylation sites (N-methyl/N-ethyl adjacent to an activating group) is 6. The van der Waals surface area contributed by atoms with E-state index in [4.69, 9.17) is 61.3 Å². The normalized spacial score (nSPS) is 9.69. The summed E-state index contributed by atoms with van der Waals surface area (Å²) >= 11 is 0. The van der Waals surface area contributed by atoms with E-state index < -0.39 is 0 Å². The molecule has 0 atom stereocenters. The molecule has 0 aromatic rings. The van der Waals surface area contributed by atoms with Crippen LogP contribution in [0, 0.1) is 0 Å². The van der Waals surface area contributed by atoms with E-state index in [9.17, 15) is 0 Å². The molecule has 0 aromatic heterocycles. The van der Waals surface area contributed by atoms with E-state index in [1.165, 1.54) is 0 Å². The van der Waals surface area contributed by atoms with E-state index in [-0.39, 0.29) is 148 Å². The molecule has 0 bridgehead atoms. The summed E-state index contributed by atoms with van der Waals surface area (Å²) in [5.41, 5.74) is 0. The third kappa shape index (κ3) is 93.3. The zero-order chi connectivity index (χ0) is 38.4. The fourth-order valence-electron chi connectivity index (χ4n) is 2.72. The van der Waals surface area contributed by atoms with Crippen LogP contribution < -0.4 is 0 Å². The number of hydrogen-bond donors (Lipinski definition) is 12. The molecule has 0 saturated carbocycles. The number of aliphatic hydroxyl groups is 12. The van der Waals surface area contributed by atoms with Gasteiger partial charge in [0.25, 0.3) is 0 Å². The number of hydrogen-bond acceptors (Lipinski definition) is 18. The van der Waals surface area contributed by atoms with Crippen molar-refractivity contribution in [2.45, 2.75) is 0 Å². The van der Waals surface area contributed by atoms with Gasteiger partial charge in [-0.15, -0.1) is 0 Å². The summed E-state index contributed by atoms with van der Waals surface area (Å²) in [6, 6.07) is 0. The molecule has 12 N–H and O–H groups in total. The Morgan fingerprint density at radius 3 is 0.308 bits per heavy atom. The average molecular weight is 938 g/mol. The Hall–Kier alpha value is 1.36. The van der Waals surface area contributed by atoms with Crippen LogP contribution in [0.5, 0.6) is 0 Å². The summed E-state index contributed by atoms with van der Waals surface area (Å²) in [5, 5.41) is 100. The second-order valence-electron chi connectivity index (χ2n) is 10.5. The molecule has 0 amide bonds. The summed E-state index contributed by atoms with van der Waals surface area (Å²) in [7, 11) is 11.1. The number of rotatable bonds is 24. The topological polar surface area (TPSA) is 262 Å². The SMILES string of the molecule is CN(CCO)CCO.CN(CCO)CCO.CN(CCO)CCO.CN(CCO)CCO.CN(CCO)CCO.CN(CCO)CCO.[Fe+2].[Fe+2].[Fe+2].[Fe]. The van der Waals surface area contributed by atoms with Crippen LogP contribution in [-0.2, 0) is 68.3 Å². The molecular weight excluding hydrogens is 860 g/mol. The molecule has 22 heteroatoms. The van der Waals surface area contributed by atoms with Crippen LogP contribution in [0.2, 0.25) is 0 Å². The minimum absolute atomic E-state index is 0. The van der Waals surface area contributed by atoms with Crippen LogP contribution in [0.4, 0.5) is 0 Å². The van der Waals surface area contributed by atoms with Crippen LogP contribution in [0.15, 0.2) is 0 Å². The molecule has 0 radical (unpaired) electrons. The summed E-state index contributed by atoms with van der Waals surface area (Å²) in [6.07, 6.45) is 0.